The van der Waals surface area contributed by atoms with Crippen molar-refractivity contribution in [2.24, 2.45) is 5.73 Å². The van der Waals surface area contributed by atoms with E-state index in [0.29, 0.717) is 16.8 Å². The Kier molecular flexibility index (Phi) is 4.10. The van der Waals surface area contributed by atoms with Gasteiger partial charge in [-0.15, -0.1) is 0 Å². The number of benzene rings is 2. The molecule has 0 saturated heterocycles. The van der Waals surface area contributed by atoms with Gasteiger partial charge in [-0.3, -0.25) is 9.59 Å². The number of hydrogen-bond donors (Lipinski definition) is 2. The lowest BCUT2D eigenvalue weighted by molar-refractivity contribution is -0.117. The predicted octanol–water partition coefficient (Wildman–Crippen LogP) is 2.11. The molecule has 0 fully saturated rings. The van der Waals surface area contributed by atoms with Crippen molar-refractivity contribution in [2.75, 3.05) is 5.32 Å². The van der Waals surface area contributed by atoms with Crippen molar-refractivity contribution >= 4 is 17.5 Å². The molecule has 2 rings (SSSR count). The molecule has 2 aromatic carbocycles. The van der Waals surface area contributed by atoms with Crippen LogP contribution in [0.2, 0.25) is 0 Å². The van der Waals surface area contributed by atoms with Crippen LogP contribution in [0, 0.1) is 5.82 Å². The fourth-order valence-corrected chi connectivity index (χ4v) is 1.78. The predicted molar refractivity (Wildman–Crippen MR) is 73.7 cm³/mol. The van der Waals surface area contributed by atoms with Crippen LogP contribution < -0.4 is 11.1 Å². The zero-order valence-electron chi connectivity index (χ0n) is 10.6. The van der Waals surface area contributed by atoms with Gasteiger partial charge in [0.2, 0.25) is 5.91 Å². The number of primary amides is 1. The van der Waals surface area contributed by atoms with Crippen molar-refractivity contribution in [3.63, 3.8) is 0 Å². The number of para-hydroxylation sites is 1. The Morgan fingerprint density at radius 1 is 1.05 bits per heavy atom. The summed E-state index contributed by atoms with van der Waals surface area (Å²) in [5, 5.41) is 2.68. The third-order valence-corrected chi connectivity index (χ3v) is 2.74. The molecule has 2 aromatic rings. The second-order valence-electron chi connectivity index (χ2n) is 4.26. The lowest BCUT2D eigenvalue weighted by Gasteiger charge is -2.10. The molecule has 0 unspecified atom stereocenters. The van der Waals surface area contributed by atoms with E-state index in [2.05, 4.69) is 5.32 Å². The van der Waals surface area contributed by atoms with E-state index in [9.17, 15) is 14.0 Å². The number of carbonyl (C=O) groups excluding carboxylic acids is 2. The molecule has 0 saturated carbocycles. The van der Waals surface area contributed by atoms with Gasteiger partial charge in [0.15, 0.2) is 0 Å². The second-order valence-corrected chi connectivity index (χ2v) is 4.26. The van der Waals surface area contributed by atoms with Crippen molar-refractivity contribution in [1.82, 2.24) is 0 Å². The van der Waals surface area contributed by atoms with Crippen LogP contribution in [0.5, 0.6) is 0 Å². The lowest BCUT2D eigenvalue weighted by atomic mass is 10.1. The first-order valence-electron chi connectivity index (χ1n) is 5.99. The topological polar surface area (TPSA) is 72.2 Å². The van der Waals surface area contributed by atoms with Gasteiger partial charge in [0, 0.05) is 11.3 Å². The van der Waals surface area contributed by atoms with Gasteiger partial charge in [-0.25, -0.2) is 4.39 Å². The van der Waals surface area contributed by atoms with Crippen molar-refractivity contribution in [3.8, 4) is 0 Å². The Morgan fingerprint density at radius 2 is 1.70 bits per heavy atom. The molecule has 3 N–H and O–H groups in total. The standard InChI is InChI=1S/C15H13FN2O2/c16-12-7-5-10(6-8-12)15(20)18-13-4-2-1-3-11(13)9-14(17)19/h1-8H,9H2,(H2,17,19)(H,18,20). The largest absolute Gasteiger partial charge is 0.369 e. The molecule has 2 amide bonds. The van der Waals surface area contributed by atoms with E-state index in [1.807, 2.05) is 0 Å². The summed E-state index contributed by atoms with van der Waals surface area (Å²) in [6.45, 7) is 0. The summed E-state index contributed by atoms with van der Waals surface area (Å²) in [4.78, 5) is 23.0. The molecular weight excluding hydrogens is 259 g/mol. The fourth-order valence-electron chi connectivity index (χ4n) is 1.78. The molecule has 0 aromatic heterocycles. The van der Waals surface area contributed by atoms with E-state index in [0.717, 1.165) is 0 Å². The summed E-state index contributed by atoms with van der Waals surface area (Å²) < 4.78 is 12.8. The number of rotatable bonds is 4. The lowest BCUT2D eigenvalue weighted by Crippen LogP contribution is -2.17. The average Bonchev–Trinajstić information content (AvgIpc) is 2.41. The van der Waals surface area contributed by atoms with Crippen LogP contribution in [0.3, 0.4) is 0 Å². The van der Waals surface area contributed by atoms with Crippen LogP contribution in [0.1, 0.15) is 15.9 Å². The van der Waals surface area contributed by atoms with Crippen molar-refractivity contribution in [2.45, 2.75) is 6.42 Å². The summed E-state index contributed by atoms with van der Waals surface area (Å²) in [6, 6.07) is 12.1. The summed E-state index contributed by atoms with van der Waals surface area (Å²) in [6.07, 6.45) is 0.0415. The average molecular weight is 272 g/mol. The fraction of sp³-hybridized carbons (Fsp3) is 0.0667. The second kappa shape index (κ2) is 5.97. The molecule has 0 aliphatic heterocycles. The van der Waals surface area contributed by atoms with Gasteiger partial charge >= 0.3 is 0 Å². The maximum atomic E-state index is 12.8. The van der Waals surface area contributed by atoms with Crippen LogP contribution in [-0.2, 0) is 11.2 Å². The molecular formula is C15H13FN2O2. The van der Waals surface area contributed by atoms with Crippen molar-refractivity contribution in [1.29, 1.82) is 0 Å². The molecule has 0 aliphatic rings. The normalized spacial score (nSPS) is 10.1. The maximum Gasteiger partial charge on any atom is 0.255 e. The van der Waals surface area contributed by atoms with Gasteiger partial charge in [-0.1, -0.05) is 18.2 Å². The van der Waals surface area contributed by atoms with E-state index < -0.39 is 11.7 Å². The number of carbonyl (C=O) groups is 2. The first kappa shape index (κ1) is 13.7. The van der Waals surface area contributed by atoms with E-state index >= 15 is 0 Å². The minimum atomic E-state index is -0.478. The molecule has 5 heteroatoms. The van der Waals surface area contributed by atoms with Gasteiger partial charge in [0.05, 0.1) is 6.42 Å². The Bertz CT molecular complexity index is 639. The van der Waals surface area contributed by atoms with E-state index in [1.54, 1.807) is 24.3 Å². The van der Waals surface area contributed by atoms with Crippen LogP contribution in [0.15, 0.2) is 48.5 Å². The molecule has 20 heavy (non-hydrogen) atoms. The summed E-state index contributed by atoms with van der Waals surface area (Å²) >= 11 is 0. The Labute approximate surface area is 115 Å². The summed E-state index contributed by atoms with van der Waals surface area (Å²) in [5.74, 6) is -1.26. The molecule has 102 valence electrons. The number of nitrogens with one attached hydrogen (secondary N) is 1. The van der Waals surface area contributed by atoms with Crippen molar-refractivity contribution in [3.05, 3.63) is 65.5 Å². The van der Waals surface area contributed by atoms with Crippen LogP contribution in [-0.4, -0.2) is 11.8 Å². The highest BCUT2D eigenvalue weighted by Crippen LogP contribution is 2.17. The maximum absolute atomic E-state index is 12.8. The first-order chi connectivity index (χ1) is 9.56. The van der Waals surface area contributed by atoms with Crippen LogP contribution in [0.25, 0.3) is 0 Å². The number of hydrogen-bond acceptors (Lipinski definition) is 2. The van der Waals surface area contributed by atoms with Gasteiger partial charge < -0.3 is 11.1 Å². The van der Waals surface area contributed by atoms with Gasteiger partial charge in [-0.05, 0) is 35.9 Å². The van der Waals surface area contributed by atoms with E-state index in [4.69, 9.17) is 5.73 Å². The third-order valence-electron chi connectivity index (χ3n) is 2.74. The smallest absolute Gasteiger partial charge is 0.255 e. The first-order valence-corrected chi connectivity index (χ1v) is 5.99. The van der Waals surface area contributed by atoms with Gasteiger partial charge in [-0.2, -0.15) is 0 Å². The quantitative estimate of drug-likeness (QED) is 0.894. The Balaban J connectivity index is 2.19. The molecule has 0 atom stereocenters. The molecule has 0 heterocycles. The molecule has 4 nitrogen and oxygen atoms in total. The van der Waals surface area contributed by atoms with Gasteiger partial charge in [0.25, 0.3) is 5.91 Å². The monoisotopic (exact) mass is 272 g/mol. The highest BCUT2D eigenvalue weighted by atomic mass is 19.1. The minimum Gasteiger partial charge on any atom is -0.369 e. The minimum absolute atomic E-state index is 0.0415. The Hall–Kier alpha value is -2.69. The highest BCUT2D eigenvalue weighted by molar-refractivity contribution is 6.04. The SMILES string of the molecule is NC(=O)Cc1ccccc1NC(=O)c1ccc(F)cc1. The number of anilines is 1. The Morgan fingerprint density at radius 3 is 2.35 bits per heavy atom. The van der Waals surface area contributed by atoms with Gasteiger partial charge in [0.1, 0.15) is 5.82 Å². The van der Waals surface area contributed by atoms with E-state index in [-0.39, 0.29) is 12.3 Å². The molecule has 0 bridgehead atoms. The number of halogens is 1. The van der Waals surface area contributed by atoms with Crippen LogP contribution >= 0.6 is 0 Å². The molecule has 0 spiro atoms. The molecule has 0 radical (unpaired) electrons. The number of nitrogens with two attached hydrogens (primary N) is 1. The third kappa shape index (κ3) is 3.41. The highest BCUT2D eigenvalue weighted by Gasteiger charge is 2.10. The number of amides is 2. The molecule has 0 aliphatic carbocycles. The zero-order chi connectivity index (χ0) is 14.5. The zero-order valence-corrected chi connectivity index (χ0v) is 10.6. The van der Waals surface area contributed by atoms with Crippen molar-refractivity contribution < 1.29 is 14.0 Å². The summed E-state index contributed by atoms with van der Waals surface area (Å²) in [5.41, 5.74) is 6.64. The summed E-state index contributed by atoms with van der Waals surface area (Å²) in [7, 11) is 0. The van der Waals surface area contributed by atoms with E-state index in [1.165, 1.54) is 24.3 Å². The van der Waals surface area contributed by atoms with Crippen LogP contribution in [0.4, 0.5) is 10.1 Å².